The van der Waals surface area contributed by atoms with E-state index in [9.17, 15) is 18.4 Å². The molecule has 0 N–H and O–H groups in total. The van der Waals surface area contributed by atoms with Crippen LogP contribution in [0.1, 0.15) is 25.8 Å². The highest BCUT2D eigenvalue weighted by Crippen LogP contribution is 2.11. The predicted octanol–water partition coefficient (Wildman–Crippen LogP) is 2.31. The molecule has 0 spiro atoms. The van der Waals surface area contributed by atoms with Gasteiger partial charge in [0.2, 0.25) is 5.91 Å². The monoisotopic (exact) mass is 299 g/mol. The largest absolute Gasteiger partial charge is 0.465 e. The fraction of sp³-hybridized carbons (Fsp3) is 0.467. The average Bonchev–Trinajstić information content (AvgIpc) is 2.41. The van der Waals surface area contributed by atoms with Gasteiger partial charge in [0.1, 0.15) is 18.2 Å². The van der Waals surface area contributed by atoms with Crippen LogP contribution >= 0.6 is 0 Å². The van der Waals surface area contributed by atoms with Crippen molar-refractivity contribution in [1.82, 2.24) is 4.90 Å². The van der Waals surface area contributed by atoms with Gasteiger partial charge in [0, 0.05) is 12.6 Å². The number of carbonyl (C=O) groups is 2. The molecule has 0 bridgehead atoms. The van der Waals surface area contributed by atoms with Crippen molar-refractivity contribution in [3.05, 3.63) is 35.4 Å². The molecule has 0 aliphatic rings. The van der Waals surface area contributed by atoms with Crippen LogP contribution in [0.2, 0.25) is 0 Å². The van der Waals surface area contributed by atoms with E-state index >= 15 is 0 Å². The second-order valence-electron chi connectivity index (χ2n) is 4.53. The second kappa shape index (κ2) is 8.34. The third kappa shape index (κ3) is 5.49. The SMILES string of the molecule is CCCN(CC(=O)OCC)C(=O)Cc1ccc(F)cc1F. The first-order chi connectivity index (χ1) is 9.97. The summed E-state index contributed by atoms with van der Waals surface area (Å²) in [5, 5.41) is 0. The molecule has 116 valence electrons. The minimum Gasteiger partial charge on any atom is -0.465 e. The molecular weight excluding hydrogens is 280 g/mol. The topological polar surface area (TPSA) is 46.6 Å². The number of rotatable bonds is 7. The van der Waals surface area contributed by atoms with Crippen molar-refractivity contribution in [2.45, 2.75) is 26.7 Å². The van der Waals surface area contributed by atoms with E-state index in [0.717, 1.165) is 12.1 Å². The molecule has 0 fully saturated rings. The quantitative estimate of drug-likeness (QED) is 0.726. The number of hydrogen-bond acceptors (Lipinski definition) is 3. The summed E-state index contributed by atoms with van der Waals surface area (Å²) in [5.41, 5.74) is 0.103. The molecule has 1 aromatic carbocycles. The van der Waals surface area contributed by atoms with Gasteiger partial charge in [-0.05, 0) is 25.0 Å². The van der Waals surface area contributed by atoms with Crippen LogP contribution in [-0.2, 0) is 20.7 Å². The standard InChI is InChI=1S/C15H19F2NO3/c1-3-7-18(10-15(20)21-4-2)14(19)8-11-5-6-12(16)9-13(11)17/h5-6,9H,3-4,7-8,10H2,1-2H3. The van der Waals surface area contributed by atoms with Gasteiger partial charge >= 0.3 is 5.97 Å². The van der Waals surface area contributed by atoms with E-state index < -0.39 is 23.5 Å². The summed E-state index contributed by atoms with van der Waals surface area (Å²) >= 11 is 0. The van der Waals surface area contributed by atoms with Gasteiger partial charge < -0.3 is 9.64 Å². The fourth-order valence-electron chi connectivity index (χ4n) is 1.86. The Morgan fingerprint density at radius 2 is 1.95 bits per heavy atom. The molecular formula is C15H19F2NO3. The van der Waals surface area contributed by atoms with Crippen LogP contribution in [0.3, 0.4) is 0 Å². The van der Waals surface area contributed by atoms with E-state index in [-0.39, 0.29) is 25.1 Å². The van der Waals surface area contributed by atoms with Crippen molar-refractivity contribution in [2.75, 3.05) is 19.7 Å². The molecule has 4 nitrogen and oxygen atoms in total. The zero-order valence-corrected chi connectivity index (χ0v) is 12.2. The number of esters is 1. The predicted molar refractivity (Wildman–Crippen MR) is 73.6 cm³/mol. The van der Waals surface area contributed by atoms with E-state index in [0.29, 0.717) is 13.0 Å². The molecule has 0 aromatic heterocycles. The van der Waals surface area contributed by atoms with E-state index in [1.165, 1.54) is 11.0 Å². The van der Waals surface area contributed by atoms with E-state index in [2.05, 4.69) is 0 Å². The van der Waals surface area contributed by atoms with Crippen molar-refractivity contribution in [3.8, 4) is 0 Å². The first-order valence-electron chi connectivity index (χ1n) is 6.85. The Bertz CT molecular complexity index is 506. The molecule has 6 heteroatoms. The number of amides is 1. The molecule has 0 unspecified atom stereocenters. The highest BCUT2D eigenvalue weighted by atomic mass is 19.1. The maximum Gasteiger partial charge on any atom is 0.325 e. The Hall–Kier alpha value is -1.98. The third-order valence-corrected chi connectivity index (χ3v) is 2.83. The molecule has 21 heavy (non-hydrogen) atoms. The van der Waals surface area contributed by atoms with Crippen molar-refractivity contribution in [3.63, 3.8) is 0 Å². The maximum atomic E-state index is 13.5. The van der Waals surface area contributed by atoms with Crippen molar-refractivity contribution in [2.24, 2.45) is 0 Å². The fourth-order valence-corrected chi connectivity index (χ4v) is 1.86. The molecule has 0 aliphatic carbocycles. The lowest BCUT2D eigenvalue weighted by Gasteiger charge is -2.21. The molecule has 0 atom stereocenters. The minimum absolute atomic E-state index is 0.103. The highest BCUT2D eigenvalue weighted by molar-refractivity contribution is 5.83. The summed E-state index contributed by atoms with van der Waals surface area (Å²) in [4.78, 5) is 24.9. The molecule has 0 heterocycles. The number of halogens is 2. The number of nitrogens with zero attached hydrogens (tertiary/aromatic N) is 1. The zero-order chi connectivity index (χ0) is 15.8. The van der Waals surface area contributed by atoms with Crippen molar-refractivity contribution >= 4 is 11.9 Å². The molecule has 1 amide bonds. The number of carbonyl (C=O) groups excluding carboxylic acids is 2. The maximum absolute atomic E-state index is 13.5. The zero-order valence-electron chi connectivity index (χ0n) is 12.2. The Morgan fingerprint density at radius 1 is 1.24 bits per heavy atom. The Morgan fingerprint density at radius 3 is 2.52 bits per heavy atom. The van der Waals surface area contributed by atoms with Gasteiger partial charge in [-0.25, -0.2) is 8.78 Å². The van der Waals surface area contributed by atoms with Gasteiger partial charge in [-0.1, -0.05) is 13.0 Å². The smallest absolute Gasteiger partial charge is 0.325 e. The first kappa shape index (κ1) is 17.1. The van der Waals surface area contributed by atoms with E-state index in [4.69, 9.17) is 4.74 Å². The van der Waals surface area contributed by atoms with Gasteiger partial charge in [-0.2, -0.15) is 0 Å². The molecule has 1 aromatic rings. The molecule has 0 aliphatic heterocycles. The van der Waals surface area contributed by atoms with Crippen LogP contribution in [0, 0.1) is 11.6 Å². The lowest BCUT2D eigenvalue weighted by molar-refractivity contribution is -0.148. The van der Waals surface area contributed by atoms with Gasteiger partial charge in [-0.15, -0.1) is 0 Å². The van der Waals surface area contributed by atoms with E-state index in [1.807, 2.05) is 6.92 Å². The summed E-state index contributed by atoms with van der Waals surface area (Å²) < 4.78 is 31.2. The van der Waals surface area contributed by atoms with Crippen LogP contribution in [0.25, 0.3) is 0 Å². The summed E-state index contributed by atoms with van der Waals surface area (Å²) in [5.74, 6) is -2.36. The molecule has 0 saturated heterocycles. The Labute approximate surface area is 122 Å². The summed E-state index contributed by atoms with van der Waals surface area (Å²) in [6, 6.07) is 3.07. The summed E-state index contributed by atoms with van der Waals surface area (Å²) in [6.45, 7) is 3.99. The van der Waals surface area contributed by atoms with Crippen LogP contribution < -0.4 is 0 Å². The number of hydrogen-bond donors (Lipinski definition) is 0. The highest BCUT2D eigenvalue weighted by Gasteiger charge is 2.19. The lowest BCUT2D eigenvalue weighted by atomic mass is 10.1. The summed E-state index contributed by atoms with van der Waals surface area (Å²) in [7, 11) is 0. The number of ether oxygens (including phenoxy) is 1. The van der Waals surface area contributed by atoms with Gasteiger partial charge in [0.05, 0.1) is 13.0 Å². The number of benzene rings is 1. The normalized spacial score (nSPS) is 10.3. The average molecular weight is 299 g/mol. The molecule has 0 saturated carbocycles. The van der Waals surface area contributed by atoms with Crippen LogP contribution in [0.15, 0.2) is 18.2 Å². The van der Waals surface area contributed by atoms with Crippen LogP contribution in [0.4, 0.5) is 8.78 Å². The van der Waals surface area contributed by atoms with Crippen molar-refractivity contribution in [1.29, 1.82) is 0 Å². The first-order valence-corrected chi connectivity index (χ1v) is 6.85. The van der Waals surface area contributed by atoms with Gasteiger partial charge in [0.15, 0.2) is 0 Å². The lowest BCUT2D eigenvalue weighted by Crippen LogP contribution is -2.38. The van der Waals surface area contributed by atoms with Gasteiger partial charge in [-0.3, -0.25) is 9.59 Å². The molecule has 0 radical (unpaired) electrons. The van der Waals surface area contributed by atoms with E-state index in [1.54, 1.807) is 6.92 Å². The minimum atomic E-state index is -0.768. The van der Waals surface area contributed by atoms with Crippen LogP contribution in [0.5, 0.6) is 0 Å². The van der Waals surface area contributed by atoms with Crippen molar-refractivity contribution < 1.29 is 23.1 Å². The summed E-state index contributed by atoms with van der Waals surface area (Å²) in [6.07, 6.45) is 0.447. The second-order valence-corrected chi connectivity index (χ2v) is 4.53. The Kier molecular flexibility index (Phi) is 6.78. The third-order valence-electron chi connectivity index (χ3n) is 2.83. The molecule has 1 rings (SSSR count). The Balaban J connectivity index is 2.74. The van der Waals surface area contributed by atoms with Crippen LogP contribution in [-0.4, -0.2) is 36.5 Å². The van der Waals surface area contributed by atoms with Gasteiger partial charge in [0.25, 0.3) is 0 Å².